The van der Waals surface area contributed by atoms with Crippen LogP contribution in [0.5, 0.6) is 0 Å². The van der Waals surface area contributed by atoms with Gasteiger partial charge in [0.25, 0.3) is 0 Å². The molecule has 1 unspecified atom stereocenters. The van der Waals surface area contributed by atoms with Gasteiger partial charge in [0, 0.05) is 13.1 Å². The maximum atomic E-state index is 2.54. The average Bonchev–Trinajstić information content (AvgIpc) is 2.67. The first-order chi connectivity index (χ1) is 5.61. The molecule has 70 valence electrons. The Balaban J connectivity index is 1.99. The molecule has 1 heterocycles. The highest BCUT2D eigenvalue weighted by molar-refractivity contribution is 5.00. The van der Waals surface area contributed by atoms with Gasteiger partial charge in [0.15, 0.2) is 0 Å². The van der Waals surface area contributed by atoms with Crippen molar-refractivity contribution in [1.82, 2.24) is 4.90 Å². The summed E-state index contributed by atoms with van der Waals surface area (Å²) in [6, 6.07) is 0. The third-order valence-corrected chi connectivity index (χ3v) is 3.75. The number of hydrogen-bond donors (Lipinski definition) is 0. The van der Waals surface area contributed by atoms with Crippen molar-refractivity contribution < 1.29 is 0 Å². The monoisotopic (exact) mass is 167 g/mol. The van der Waals surface area contributed by atoms with E-state index in [0.29, 0.717) is 0 Å². The molecule has 2 aliphatic rings. The maximum absolute atomic E-state index is 2.54. The molecule has 1 aliphatic carbocycles. The van der Waals surface area contributed by atoms with Crippen LogP contribution >= 0.6 is 0 Å². The van der Waals surface area contributed by atoms with Gasteiger partial charge in [-0.15, -0.1) is 0 Å². The summed E-state index contributed by atoms with van der Waals surface area (Å²) in [7, 11) is 2.29. The van der Waals surface area contributed by atoms with E-state index in [4.69, 9.17) is 0 Å². The van der Waals surface area contributed by atoms with E-state index in [9.17, 15) is 0 Å². The van der Waals surface area contributed by atoms with Crippen molar-refractivity contribution in [2.75, 3.05) is 20.1 Å². The third-order valence-electron chi connectivity index (χ3n) is 3.75. The van der Waals surface area contributed by atoms with Crippen LogP contribution in [0.25, 0.3) is 0 Å². The van der Waals surface area contributed by atoms with Crippen LogP contribution in [0.2, 0.25) is 0 Å². The van der Waals surface area contributed by atoms with Gasteiger partial charge in [-0.25, -0.2) is 0 Å². The number of piperidine rings is 1. The van der Waals surface area contributed by atoms with Gasteiger partial charge in [-0.1, -0.05) is 13.8 Å². The lowest BCUT2D eigenvalue weighted by Crippen LogP contribution is -2.40. The van der Waals surface area contributed by atoms with Gasteiger partial charge in [0.2, 0.25) is 0 Å². The summed E-state index contributed by atoms with van der Waals surface area (Å²) in [5.41, 5.74) is 0.780. The van der Waals surface area contributed by atoms with Crippen molar-refractivity contribution in [3.05, 3.63) is 0 Å². The molecule has 1 atom stereocenters. The molecule has 1 saturated heterocycles. The van der Waals surface area contributed by atoms with Crippen molar-refractivity contribution in [2.24, 2.45) is 17.3 Å². The fourth-order valence-electron chi connectivity index (χ4n) is 2.71. The highest BCUT2D eigenvalue weighted by Gasteiger charge is 2.47. The molecule has 0 N–H and O–H groups in total. The van der Waals surface area contributed by atoms with E-state index < -0.39 is 0 Å². The van der Waals surface area contributed by atoms with E-state index in [2.05, 4.69) is 25.8 Å². The second-order valence-electron chi connectivity index (χ2n) is 5.40. The zero-order valence-electron chi connectivity index (χ0n) is 8.64. The molecule has 12 heavy (non-hydrogen) atoms. The summed E-state index contributed by atoms with van der Waals surface area (Å²) in [6.07, 6.45) is 4.51. The predicted molar refractivity (Wildman–Crippen MR) is 52.1 cm³/mol. The zero-order valence-corrected chi connectivity index (χ0v) is 8.64. The Labute approximate surface area is 76.1 Å². The molecule has 1 aliphatic heterocycles. The fourth-order valence-corrected chi connectivity index (χ4v) is 2.71. The van der Waals surface area contributed by atoms with Gasteiger partial charge >= 0.3 is 0 Å². The van der Waals surface area contributed by atoms with Gasteiger partial charge < -0.3 is 4.90 Å². The van der Waals surface area contributed by atoms with Crippen LogP contribution in [-0.2, 0) is 0 Å². The van der Waals surface area contributed by atoms with Crippen LogP contribution in [0.4, 0.5) is 0 Å². The number of rotatable bonds is 1. The minimum Gasteiger partial charge on any atom is -0.306 e. The van der Waals surface area contributed by atoms with Crippen LogP contribution in [0.1, 0.15) is 33.1 Å². The second-order valence-corrected chi connectivity index (χ2v) is 5.40. The first-order valence-corrected chi connectivity index (χ1v) is 5.30. The molecule has 2 fully saturated rings. The molecule has 1 heteroatoms. The quantitative estimate of drug-likeness (QED) is 0.579. The lowest BCUT2D eigenvalue weighted by atomic mass is 9.81. The highest BCUT2D eigenvalue weighted by atomic mass is 15.1. The fraction of sp³-hybridized carbons (Fsp3) is 1.00. The summed E-state index contributed by atoms with van der Waals surface area (Å²) in [5, 5.41) is 0. The zero-order chi connectivity index (χ0) is 8.77. The Morgan fingerprint density at radius 1 is 1.33 bits per heavy atom. The first-order valence-electron chi connectivity index (χ1n) is 5.30. The normalized spacial score (nSPS) is 34.5. The SMILES string of the molecule is CC(C)C1CN(C)CC2(CC2)C1. The van der Waals surface area contributed by atoms with Crippen LogP contribution in [0.15, 0.2) is 0 Å². The summed E-state index contributed by atoms with van der Waals surface area (Å²) in [6.45, 7) is 7.45. The maximum Gasteiger partial charge on any atom is 0.00352 e. The summed E-state index contributed by atoms with van der Waals surface area (Å²) < 4.78 is 0. The van der Waals surface area contributed by atoms with Crippen LogP contribution in [0, 0.1) is 17.3 Å². The Kier molecular flexibility index (Phi) is 1.95. The summed E-state index contributed by atoms with van der Waals surface area (Å²) in [5.74, 6) is 1.84. The van der Waals surface area contributed by atoms with Gasteiger partial charge in [-0.2, -0.15) is 0 Å². The first kappa shape index (κ1) is 8.55. The smallest absolute Gasteiger partial charge is 0.00352 e. The molecule has 1 spiro atoms. The van der Waals surface area contributed by atoms with E-state index in [1.54, 1.807) is 0 Å². The molecular formula is C11H21N. The van der Waals surface area contributed by atoms with Crippen molar-refractivity contribution in [1.29, 1.82) is 0 Å². The van der Waals surface area contributed by atoms with Crippen LogP contribution in [-0.4, -0.2) is 25.0 Å². The standard InChI is InChI=1S/C11H21N/c1-9(2)10-6-11(4-5-11)8-12(3)7-10/h9-10H,4-8H2,1-3H3. The molecule has 0 radical (unpaired) electrons. The summed E-state index contributed by atoms with van der Waals surface area (Å²) in [4.78, 5) is 2.54. The molecule has 0 aromatic carbocycles. The average molecular weight is 167 g/mol. The molecule has 1 saturated carbocycles. The molecule has 2 rings (SSSR count). The number of hydrogen-bond acceptors (Lipinski definition) is 1. The predicted octanol–water partition coefficient (Wildman–Crippen LogP) is 2.37. The van der Waals surface area contributed by atoms with Crippen molar-refractivity contribution in [3.8, 4) is 0 Å². The second kappa shape index (κ2) is 2.73. The Morgan fingerprint density at radius 2 is 2.00 bits per heavy atom. The van der Waals surface area contributed by atoms with E-state index in [1.807, 2.05) is 0 Å². The molecule has 0 bridgehead atoms. The Bertz CT molecular complexity index is 170. The highest BCUT2D eigenvalue weighted by Crippen LogP contribution is 2.54. The van der Waals surface area contributed by atoms with E-state index in [-0.39, 0.29) is 0 Å². The van der Waals surface area contributed by atoms with Gasteiger partial charge in [0.1, 0.15) is 0 Å². The minimum absolute atomic E-state index is 0.780. The molecule has 1 nitrogen and oxygen atoms in total. The lowest BCUT2D eigenvalue weighted by molar-refractivity contribution is 0.110. The van der Waals surface area contributed by atoms with E-state index >= 15 is 0 Å². The van der Waals surface area contributed by atoms with Crippen molar-refractivity contribution in [2.45, 2.75) is 33.1 Å². The van der Waals surface area contributed by atoms with E-state index in [1.165, 1.54) is 32.4 Å². The molecular weight excluding hydrogens is 146 g/mol. The Morgan fingerprint density at radius 3 is 2.50 bits per heavy atom. The number of nitrogens with zero attached hydrogens (tertiary/aromatic N) is 1. The van der Waals surface area contributed by atoms with Gasteiger partial charge in [-0.3, -0.25) is 0 Å². The molecule has 0 aromatic heterocycles. The van der Waals surface area contributed by atoms with Gasteiger partial charge in [0.05, 0.1) is 0 Å². The van der Waals surface area contributed by atoms with E-state index in [0.717, 1.165) is 17.3 Å². The Hall–Kier alpha value is -0.0400. The van der Waals surface area contributed by atoms with Crippen molar-refractivity contribution >= 4 is 0 Å². The molecule has 0 amide bonds. The van der Waals surface area contributed by atoms with Crippen LogP contribution in [0.3, 0.4) is 0 Å². The van der Waals surface area contributed by atoms with Gasteiger partial charge in [-0.05, 0) is 43.6 Å². The topological polar surface area (TPSA) is 3.24 Å². The molecule has 0 aromatic rings. The lowest BCUT2D eigenvalue weighted by Gasteiger charge is -2.38. The largest absolute Gasteiger partial charge is 0.306 e. The number of likely N-dealkylation sites (tertiary alicyclic amines) is 1. The summed E-state index contributed by atoms with van der Waals surface area (Å²) >= 11 is 0. The minimum atomic E-state index is 0.780. The van der Waals surface area contributed by atoms with Crippen LogP contribution < -0.4 is 0 Å². The third kappa shape index (κ3) is 1.52. The van der Waals surface area contributed by atoms with Crippen molar-refractivity contribution in [3.63, 3.8) is 0 Å².